The van der Waals surface area contributed by atoms with Crippen molar-refractivity contribution in [2.75, 3.05) is 43.7 Å². The average molecular weight is 505 g/mol. The molecule has 7 nitrogen and oxygen atoms in total. The molecule has 0 aliphatic carbocycles. The molecule has 36 heavy (non-hydrogen) atoms. The first-order valence-corrected chi connectivity index (χ1v) is 12.3. The maximum absolute atomic E-state index is 14.4. The normalized spacial score (nSPS) is 26.2. The van der Waals surface area contributed by atoms with Crippen LogP contribution >= 0.6 is 0 Å². The molecule has 4 rings (SSSR count). The summed E-state index contributed by atoms with van der Waals surface area (Å²) < 4.78 is 45.1. The molecule has 196 valence electrons. The zero-order valence-corrected chi connectivity index (χ0v) is 21.1. The lowest BCUT2D eigenvalue weighted by Crippen LogP contribution is -2.44. The van der Waals surface area contributed by atoms with Gasteiger partial charge in [0.05, 0.1) is 25.3 Å². The van der Waals surface area contributed by atoms with Gasteiger partial charge in [-0.1, -0.05) is 13.8 Å². The van der Waals surface area contributed by atoms with Crippen molar-refractivity contribution in [1.29, 1.82) is 0 Å². The quantitative estimate of drug-likeness (QED) is 0.564. The van der Waals surface area contributed by atoms with Crippen molar-refractivity contribution in [3.63, 3.8) is 0 Å². The number of rotatable bonds is 8. The van der Waals surface area contributed by atoms with E-state index in [1.807, 2.05) is 36.1 Å². The van der Waals surface area contributed by atoms with E-state index in [9.17, 15) is 18.7 Å². The summed E-state index contributed by atoms with van der Waals surface area (Å²) in [6.45, 7) is 5.85. The number of anilines is 2. The monoisotopic (exact) mass is 504 g/mol. The van der Waals surface area contributed by atoms with Gasteiger partial charge in [0.25, 0.3) is 0 Å². The maximum atomic E-state index is 14.4. The van der Waals surface area contributed by atoms with E-state index >= 15 is 0 Å². The van der Waals surface area contributed by atoms with Crippen LogP contribution in [-0.4, -0.2) is 63.2 Å². The number of piperidine rings is 1. The van der Waals surface area contributed by atoms with Crippen LogP contribution in [0, 0.1) is 23.5 Å². The Balaban J connectivity index is 1.40. The van der Waals surface area contributed by atoms with Crippen LogP contribution in [0.25, 0.3) is 0 Å². The number of benzene rings is 2. The van der Waals surface area contributed by atoms with E-state index in [-0.39, 0.29) is 42.3 Å². The maximum Gasteiger partial charge on any atom is 0.305 e. The smallest absolute Gasteiger partial charge is 0.305 e. The van der Waals surface area contributed by atoms with Crippen LogP contribution in [0.1, 0.15) is 26.7 Å². The molecule has 0 spiro atoms. The van der Waals surface area contributed by atoms with Crippen LogP contribution in [0.3, 0.4) is 0 Å². The number of carboxylic acids is 1. The van der Waals surface area contributed by atoms with Gasteiger partial charge < -0.3 is 29.1 Å². The van der Waals surface area contributed by atoms with Crippen LogP contribution in [0.15, 0.2) is 36.4 Å². The van der Waals surface area contributed by atoms with Crippen LogP contribution < -0.4 is 19.3 Å². The highest BCUT2D eigenvalue weighted by Gasteiger charge is 2.40. The Bertz CT molecular complexity index is 1070. The number of nitrogens with zero attached hydrogens (tertiary/aromatic N) is 2. The van der Waals surface area contributed by atoms with Crippen molar-refractivity contribution in [3.05, 3.63) is 48.0 Å². The molecule has 0 bridgehead atoms. The van der Waals surface area contributed by atoms with E-state index in [0.717, 1.165) is 17.5 Å². The van der Waals surface area contributed by atoms with Crippen molar-refractivity contribution in [1.82, 2.24) is 0 Å². The lowest BCUT2D eigenvalue weighted by molar-refractivity contribution is -0.137. The number of carboxylic acid groups (broad SMARTS) is 1. The summed E-state index contributed by atoms with van der Waals surface area (Å²) in [5.74, 6) is -1.20. The lowest BCUT2D eigenvalue weighted by atomic mass is 9.95. The van der Waals surface area contributed by atoms with Crippen molar-refractivity contribution >= 4 is 17.3 Å². The zero-order valence-electron chi connectivity index (χ0n) is 21.1. The summed E-state index contributed by atoms with van der Waals surface area (Å²) in [5.41, 5.74) is 1.26. The highest BCUT2D eigenvalue weighted by molar-refractivity contribution is 5.69. The van der Waals surface area contributed by atoms with Gasteiger partial charge in [-0.05, 0) is 24.3 Å². The molecule has 0 aromatic heterocycles. The van der Waals surface area contributed by atoms with Crippen molar-refractivity contribution < 1.29 is 32.9 Å². The molecular formula is C27H34F2N2O5. The molecule has 2 aliphatic heterocycles. The first-order chi connectivity index (χ1) is 17.2. The van der Waals surface area contributed by atoms with E-state index in [2.05, 4.69) is 11.8 Å². The SMILES string of the molecule is COc1cc(N2CCC(Oc3ccc(N4C[C@H](OC)[C@@H](C)[C@@H]4CC(=O)O)cc3)C(C)C2)c(F)cc1F. The number of hydrogen-bond donors (Lipinski definition) is 1. The van der Waals surface area contributed by atoms with Gasteiger partial charge in [-0.25, -0.2) is 8.78 Å². The molecule has 0 saturated carbocycles. The second kappa shape index (κ2) is 10.9. The first kappa shape index (κ1) is 26.0. The van der Waals surface area contributed by atoms with Crippen molar-refractivity contribution in [2.45, 2.75) is 44.9 Å². The third-order valence-electron chi connectivity index (χ3n) is 7.50. The average Bonchev–Trinajstić information content (AvgIpc) is 3.15. The number of carbonyl (C=O) groups is 1. The number of halogens is 2. The van der Waals surface area contributed by atoms with Gasteiger partial charge in [0.15, 0.2) is 11.6 Å². The zero-order chi connectivity index (χ0) is 26.0. The molecule has 2 unspecified atom stereocenters. The minimum atomic E-state index is -0.826. The fourth-order valence-electron chi connectivity index (χ4n) is 5.41. The molecule has 2 aromatic carbocycles. The Morgan fingerprint density at radius 3 is 2.39 bits per heavy atom. The molecular weight excluding hydrogens is 470 g/mol. The molecule has 2 aromatic rings. The van der Waals surface area contributed by atoms with Crippen LogP contribution in [0.2, 0.25) is 0 Å². The van der Waals surface area contributed by atoms with E-state index in [4.69, 9.17) is 14.2 Å². The Morgan fingerprint density at radius 2 is 1.78 bits per heavy atom. The molecule has 1 N–H and O–H groups in total. The molecule has 2 saturated heterocycles. The van der Waals surface area contributed by atoms with Gasteiger partial charge in [-0.2, -0.15) is 0 Å². The fraction of sp³-hybridized carbons (Fsp3) is 0.519. The molecule has 0 amide bonds. The Kier molecular flexibility index (Phi) is 7.88. The molecule has 5 atom stereocenters. The summed E-state index contributed by atoms with van der Waals surface area (Å²) in [4.78, 5) is 15.4. The summed E-state index contributed by atoms with van der Waals surface area (Å²) in [6.07, 6.45) is 0.654. The first-order valence-electron chi connectivity index (χ1n) is 12.3. The number of hydrogen-bond acceptors (Lipinski definition) is 6. The standard InChI is InChI=1S/C27H34F2N2O5/c1-16-14-30(23-12-25(34-3)21(29)11-20(23)28)10-9-24(16)36-19-7-5-18(6-8-19)31-15-26(35-4)17(2)22(31)13-27(32)33/h5-8,11-12,16-17,22,24,26H,9-10,13-15H2,1-4H3,(H,32,33)/t16?,17-,22-,24?,26-/m0/s1. The minimum absolute atomic E-state index is 0.0207. The van der Waals surface area contributed by atoms with Crippen molar-refractivity contribution in [2.24, 2.45) is 11.8 Å². The van der Waals surface area contributed by atoms with E-state index in [1.165, 1.54) is 13.2 Å². The van der Waals surface area contributed by atoms with E-state index in [0.29, 0.717) is 31.7 Å². The molecule has 0 radical (unpaired) electrons. The molecule has 2 heterocycles. The number of ether oxygens (including phenoxy) is 3. The number of aliphatic carboxylic acids is 1. The summed E-state index contributed by atoms with van der Waals surface area (Å²) in [5, 5.41) is 9.38. The Morgan fingerprint density at radius 1 is 1.06 bits per heavy atom. The van der Waals surface area contributed by atoms with E-state index in [1.54, 1.807) is 7.11 Å². The van der Waals surface area contributed by atoms with E-state index < -0.39 is 17.6 Å². The largest absolute Gasteiger partial charge is 0.494 e. The topological polar surface area (TPSA) is 71.5 Å². The second-order valence-corrected chi connectivity index (χ2v) is 9.75. The van der Waals surface area contributed by atoms with Gasteiger partial charge in [0.2, 0.25) is 0 Å². The Hall–Kier alpha value is -3.07. The van der Waals surface area contributed by atoms with Crippen LogP contribution in [0.5, 0.6) is 11.5 Å². The summed E-state index contributed by atoms with van der Waals surface area (Å²) >= 11 is 0. The number of methoxy groups -OCH3 is 2. The van der Waals surface area contributed by atoms with Gasteiger partial charge in [0.1, 0.15) is 17.7 Å². The predicted molar refractivity (Wildman–Crippen MR) is 133 cm³/mol. The van der Waals surface area contributed by atoms with Gasteiger partial charge in [-0.3, -0.25) is 4.79 Å². The highest BCUT2D eigenvalue weighted by atomic mass is 19.1. The summed E-state index contributed by atoms with van der Waals surface area (Å²) in [6, 6.07) is 9.84. The molecule has 2 fully saturated rings. The third-order valence-corrected chi connectivity index (χ3v) is 7.50. The lowest BCUT2D eigenvalue weighted by Gasteiger charge is -2.38. The Labute approximate surface area is 210 Å². The third kappa shape index (κ3) is 5.36. The highest BCUT2D eigenvalue weighted by Crippen LogP contribution is 2.35. The van der Waals surface area contributed by atoms with Crippen LogP contribution in [0.4, 0.5) is 20.2 Å². The van der Waals surface area contributed by atoms with Crippen molar-refractivity contribution in [3.8, 4) is 11.5 Å². The fourth-order valence-corrected chi connectivity index (χ4v) is 5.41. The second-order valence-electron chi connectivity index (χ2n) is 9.75. The van der Waals surface area contributed by atoms with Gasteiger partial charge in [-0.15, -0.1) is 0 Å². The predicted octanol–water partition coefficient (Wildman–Crippen LogP) is 4.58. The summed E-state index contributed by atoms with van der Waals surface area (Å²) in [7, 11) is 3.02. The van der Waals surface area contributed by atoms with Gasteiger partial charge >= 0.3 is 5.97 Å². The van der Waals surface area contributed by atoms with Gasteiger partial charge in [0, 0.05) is 68.9 Å². The molecule has 9 heteroatoms. The minimum Gasteiger partial charge on any atom is -0.494 e. The molecule has 2 aliphatic rings. The van der Waals surface area contributed by atoms with Crippen LogP contribution in [-0.2, 0) is 9.53 Å².